The molecule has 21 heavy (non-hydrogen) atoms. The van der Waals surface area contributed by atoms with E-state index in [0.717, 1.165) is 36.0 Å². The molecule has 3 fully saturated rings. The predicted molar refractivity (Wildman–Crippen MR) is 86.8 cm³/mol. The zero-order valence-corrected chi connectivity index (χ0v) is 14.0. The zero-order chi connectivity index (χ0) is 14.8. The molecule has 0 bridgehead atoms. The Balaban J connectivity index is 1.67. The highest BCUT2D eigenvalue weighted by Crippen LogP contribution is 2.65. The molecule has 4 aliphatic carbocycles. The van der Waals surface area contributed by atoms with Crippen LogP contribution in [0.1, 0.15) is 65.7 Å². The van der Waals surface area contributed by atoms with Gasteiger partial charge < -0.3 is 5.11 Å². The fourth-order valence-electron chi connectivity index (χ4n) is 7.16. The van der Waals surface area contributed by atoms with Crippen molar-refractivity contribution in [3.05, 3.63) is 12.2 Å². The van der Waals surface area contributed by atoms with Crippen LogP contribution in [-0.2, 0) is 0 Å². The summed E-state index contributed by atoms with van der Waals surface area (Å²) in [4.78, 5) is 0. The van der Waals surface area contributed by atoms with Gasteiger partial charge in [0.2, 0.25) is 0 Å². The SMILES string of the molecule is C[C@H]1C=C[C@@H]2CC[C@@H]3[C@H](CC[C@]4(C)[C@@H](O)CC[C@@H]34)[C@@]2(C)C1. The molecule has 0 unspecified atom stereocenters. The van der Waals surface area contributed by atoms with E-state index in [-0.39, 0.29) is 11.5 Å². The van der Waals surface area contributed by atoms with Crippen LogP contribution in [0.15, 0.2) is 12.2 Å². The molecule has 0 saturated heterocycles. The molecule has 1 nitrogen and oxygen atoms in total. The summed E-state index contributed by atoms with van der Waals surface area (Å²) in [6.45, 7) is 7.39. The third kappa shape index (κ3) is 1.85. The summed E-state index contributed by atoms with van der Waals surface area (Å²) >= 11 is 0. The lowest BCUT2D eigenvalue weighted by molar-refractivity contribution is -0.107. The summed E-state index contributed by atoms with van der Waals surface area (Å²) in [6.07, 6.45) is 14.2. The second kappa shape index (κ2) is 4.60. The van der Waals surface area contributed by atoms with Gasteiger partial charge in [0.1, 0.15) is 0 Å². The minimum absolute atomic E-state index is 0.0286. The molecule has 4 aliphatic rings. The molecule has 1 N–H and O–H groups in total. The first-order valence-corrected chi connectivity index (χ1v) is 9.31. The van der Waals surface area contributed by atoms with Crippen LogP contribution in [0.25, 0.3) is 0 Å². The third-order valence-corrected chi connectivity index (χ3v) is 8.33. The van der Waals surface area contributed by atoms with Crippen molar-refractivity contribution in [1.29, 1.82) is 0 Å². The van der Waals surface area contributed by atoms with Crippen LogP contribution in [-0.4, -0.2) is 11.2 Å². The summed E-state index contributed by atoms with van der Waals surface area (Å²) in [5.41, 5.74) is 0.770. The van der Waals surface area contributed by atoms with Crippen LogP contribution in [0, 0.1) is 40.4 Å². The van der Waals surface area contributed by atoms with E-state index in [4.69, 9.17) is 0 Å². The van der Waals surface area contributed by atoms with Gasteiger partial charge >= 0.3 is 0 Å². The minimum atomic E-state index is -0.0286. The van der Waals surface area contributed by atoms with Gasteiger partial charge in [0, 0.05) is 0 Å². The molecule has 0 aliphatic heterocycles. The molecule has 4 rings (SSSR count). The van der Waals surface area contributed by atoms with Gasteiger partial charge in [-0.15, -0.1) is 0 Å². The Hall–Kier alpha value is -0.300. The molecule has 0 amide bonds. The second-order valence-corrected chi connectivity index (χ2v) is 9.27. The van der Waals surface area contributed by atoms with Crippen LogP contribution in [0.3, 0.4) is 0 Å². The van der Waals surface area contributed by atoms with Crippen molar-refractivity contribution in [2.45, 2.75) is 71.8 Å². The largest absolute Gasteiger partial charge is 0.393 e. The van der Waals surface area contributed by atoms with Crippen molar-refractivity contribution in [3.63, 3.8) is 0 Å². The normalized spacial score (nSPS) is 59.2. The molecule has 0 aromatic carbocycles. The van der Waals surface area contributed by atoms with Gasteiger partial charge in [-0.3, -0.25) is 0 Å². The number of aliphatic hydroxyl groups is 1. The number of rotatable bonds is 0. The van der Waals surface area contributed by atoms with E-state index in [2.05, 4.69) is 32.9 Å². The first-order chi connectivity index (χ1) is 9.95. The maximum atomic E-state index is 10.5. The molecule has 1 heteroatoms. The van der Waals surface area contributed by atoms with Crippen molar-refractivity contribution >= 4 is 0 Å². The van der Waals surface area contributed by atoms with Crippen molar-refractivity contribution in [2.24, 2.45) is 40.4 Å². The van der Waals surface area contributed by atoms with Gasteiger partial charge in [-0.1, -0.05) is 32.9 Å². The molecule has 118 valence electrons. The van der Waals surface area contributed by atoms with Gasteiger partial charge in [0.05, 0.1) is 6.10 Å². The maximum Gasteiger partial charge on any atom is 0.0596 e. The fourth-order valence-corrected chi connectivity index (χ4v) is 7.16. The molecular formula is C20H32O. The lowest BCUT2D eigenvalue weighted by Crippen LogP contribution is -2.53. The van der Waals surface area contributed by atoms with E-state index < -0.39 is 0 Å². The Morgan fingerprint density at radius 3 is 2.48 bits per heavy atom. The highest BCUT2D eigenvalue weighted by Gasteiger charge is 2.59. The molecule has 0 aromatic rings. The average Bonchev–Trinajstić information content (AvgIpc) is 2.74. The highest BCUT2D eigenvalue weighted by molar-refractivity contribution is 5.14. The number of allylic oxidation sites excluding steroid dienone is 2. The van der Waals surface area contributed by atoms with Crippen molar-refractivity contribution < 1.29 is 5.11 Å². The summed E-state index contributed by atoms with van der Waals surface area (Å²) in [7, 11) is 0. The van der Waals surface area contributed by atoms with E-state index >= 15 is 0 Å². The Morgan fingerprint density at radius 1 is 0.905 bits per heavy atom. The van der Waals surface area contributed by atoms with Crippen LogP contribution >= 0.6 is 0 Å². The zero-order valence-electron chi connectivity index (χ0n) is 14.0. The smallest absolute Gasteiger partial charge is 0.0596 e. The number of aliphatic hydroxyl groups excluding tert-OH is 1. The van der Waals surface area contributed by atoms with Crippen molar-refractivity contribution in [1.82, 2.24) is 0 Å². The molecule has 0 radical (unpaired) electrons. The second-order valence-electron chi connectivity index (χ2n) is 9.27. The van der Waals surface area contributed by atoms with Gasteiger partial charge in [-0.25, -0.2) is 0 Å². The maximum absolute atomic E-state index is 10.5. The molecular weight excluding hydrogens is 256 g/mol. The van der Waals surface area contributed by atoms with Crippen LogP contribution in [0.5, 0.6) is 0 Å². The third-order valence-electron chi connectivity index (χ3n) is 8.33. The Bertz CT molecular complexity index is 455. The minimum Gasteiger partial charge on any atom is -0.393 e. The standard InChI is InChI=1S/C20H32O/c1-13-4-5-14-6-7-15-16-8-9-18(21)19(16,2)11-10-17(15)20(14,3)12-13/h4-5,13-18,21H,6-12H2,1-3H3/t13-,14+,15-,16-,17-,18-,19-,20-/m0/s1. The lowest BCUT2D eigenvalue weighted by atomic mass is 9.45. The van der Waals surface area contributed by atoms with Gasteiger partial charge in [0.15, 0.2) is 0 Å². The van der Waals surface area contributed by atoms with Gasteiger partial charge in [-0.05, 0) is 85.4 Å². The molecule has 0 aromatic heterocycles. The van der Waals surface area contributed by atoms with E-state index in [1.807, 2.05) is 0 Å². The summed E-state index contributed by atoms with van der Waals surface area (Å²) < 4.78 is 0. The molecule has 8 atom stereocenters. The fraction of sp³-hybridized carbons (Fsp3) is 0.900. The van der Waals surface area contributed by atoms with Crippen LogP contribution < -0.4 is 0 Å². The summed E-state index contributed by atoms with van der Waals surface area (Å²) in [5, 5.41) is 10.5. The monoisotopic (exact) mass is 288 g/mol. The first kappa shape index (κ1) is 14.3. The van der Waals surface area contributed by atoms with Crippen LogP contribution in [0.4, 0.5) is 0 Å². The Kier molecular flexibility index (Phi) is 3.13. The highest BCUT2D eigenvalue weighted by atomic mass is 16.3. The number of hydrogen-bond donors (Lipinski definition) is 1. The molecule has 3 saturated carbocycles. The Labute approximate surface area is 130 Å². The van der Waals surface area contributed by atoms with Crippen molar-refractivity contribution in [2.75, 3.05) is 0 Å². The predicted octanol–water partition coefficient (Wildman–Crippen LogP) is 4.80. The Morgan fingerprint density at radius 2 is 1.67 bits per heavy atom. The quantitative estimate of drug-likeness (QED) is 0.635. The van der Waals surface area contributed by atoms with Gasteiger partial charge in [-0.2, -0.15) is 0 Å². The van der Waals surface area contributed by atoms with Gasteiger partial charge in [0.25, 0.3) is 0 Å². The average molecular weight is 288 g/mol. The number of fused-ring (bicyclic) bond motifs is 5. The number of hydrogen-bond acceptors (Lipinski definition) is 1. The molecule has 0 heterocycles. The van der Waals surface area contributed by atoms with E-state index in [0.29, 0.717) is 5.41 Å². The van der Waals surface area contributed by atoms with Crippen LogP contribution in [0.2, 0.25) is 0 Å². The summed E-state index contributed by atoms with van der Waals surface area (Å²) in [5.74, 6) is 4.18. The van der Waals surface area contributed by atoms with E-state index in [1.165, 1.54) is 38.5 Å². The van der Waals surface area contributed by atoms with E-state index in [1.54, 1.807) is 0 Å². The first-order valence-electron chi connectivity index (χ1n) is 9.31. The summed E-state index contributed by atoms with van der Waals surface area (Å²) in [6, 6.07) is 0. The topological polar surface area (TPSA) is 20.2 Å². The molecule has 0 spiro atoms. The lowest BCUT2D eigenvalue weighted by Gasteiger charge is -2.59. The van der Waals surface area contributed by atoms with Crippen molar-refractivity contribution in [3.8, 4) is 0 Å². The van der Waals surface area contributed by atoms with E-state index in [9.17, 15) is 5.11 Å².